The second kappa shape index (κ2) is 15.1. The van der Waals surface area contributed by atoms with Gasteiger partial charge in [0.25, 0.3) is 8.32 Å². The van der Waals surface area contributed by atoms with Gasteiger partial charge in [0, 0.05) is 12.5 Å². The SMILES string of the molecule is CC[C@H](CO[Si](c1ccccc1)(c1ccccc1)C(C)(C)C)[C@@H](CC1(CCC[C@H]2CO2)SCCCS1)O[Si](C)(C)C(C)(C)C. The first-order chi connectivity index (χ1) is 20.7. The standard InChI is InChI=1S/C37H60O3S2Si2/c1-10-30(28-39-44(36(5,6)7,32-20-13-11-14-21-32)33-22-15-12-16-23-33)34(40-43(8,9)35(2,3)4)27-37(41-25-18-26-42-37)24-17-19-31-29-38-31/h11-16,20-23,30-31,34H,10,17-19,24-29H2,1-9H3/t30-,31+,34-/m1/s1. The Hall–Kier alpha value is -0.546. The molecule has 4 rings (SSSR count). The van der Waals surface area contributed by atoms with Crippen molar-refractivity contribution in [3.05, 3.63) is 60.7 Å². The predicted molar refractivity (Wildman–Crippen MR) is 200 cm³/mol. The van der Waals surface area contributed by atoms with Crippen molar-refractivity contribution < 1.29 is 13.6 Å². The zero-order valence-corrected chi connectivity index (χ0v) is 32.8. The van der Waals surface area contributed by atoms with E-state index in [9.17, 15) is 0 Å². The molecule has 0 saturated carbocycles. The number of benzene rings is 2. The molecular formula is C37H60O3S2Si2. The molecule has 2 heterocycles. The van der Waals surface area contributed by atoms with Gasteiger partial charge in [0.2, 0.25) is 0 Å². The highest BCUT2D eigenvalue weighted by Crippen LogP contribution is 2.51. The Kier molecular flexibility index (Phi) is 12.5. The zero-order valence-electron chi connectivity index (χ0n) is 29.1. The van der Waals surface area contributed by atoms with Gasteiger partial charge in [-0.25, -0.2) is 0 Å². The van der Waals surface area contributed by atoms with Gasteiger partial charge >= 0.3 is 0 Å². The van der Waals surface area contributed by atoms with Gasteiger partial charge in [-0.05, 0) is 83.6 Å². The van der Waals surface area contributed by atoms with Gasteiger partial charge in [0.1, 0.15) is 0 Å². The van der Waals surface area contributed by atoms with Crippen LogP contribution in [0.25, 0.3) is 0 Å². The van der Waals surface area contributed by atoms with Crippen molar-refractivity contribution >= 4 is 50.5 Å². The number of rotatable bonds is 15. The molecule has 2 aliphatic heterocycles. The van der Waals surface area contributed by atoms with Crippen molar-refractivity contribution in [2.24, 2.45) is 5.92 Å². The summed E-state index contributed by atoms with van der Waals surface area (Å²) in [7, 11) is -4.66. The van der Waals surface area contributed by atoms with Crippen LogP contribution in [-0.4, -0.2) is 57.6 Å². The third-order valence-electron chi connectivity index (χ3n) is 10.3. The van der Waals surface area contributed by atoms with Crippen LogP contribution in [-0.2, 0) is 13.6 Å². The van der Waals surface area contributed by atoms with E-state index in [2.05, 4.69) is 146 Å². The first-order valence-electron chi connectivity index (χ1n) is 17.1. The number of hydrogen-bond donors (Lipinski definition) is 0. The van der Waals surface area contributed by atoms with E-state index in [0.29, 0.717) is 12.0 Å². The normalized spacial score (nSPS) is 20.7. The summed E-state index contributed by atoms with van der Waals surface area (Å²) in [6, 6.07) is 22.2. The quantitative estimate of drug-likeness (QED) is 0.139. The van der Waals surface area contributed by atoms with Crippen LogP contribution in [0.3, 0.4) is 0 Å². The second-order valence-electron chi connectivity index (χ2n) is 15.6. The molecule has 2 saturated heterocycles. The number of epoxide rings is 1. The summed E-state index contributed by atoms with van der Waals surface area (Å²) in [6.45, 7) is 23.2. The van der Waals surface area contributed by atoms with E-state index >= 15 is 0 Å². The molecule has 2 aliphatic rings. The lowest BCUT2D eigenvalue weighted by Gasteiger charge is -2.47. The fraction of sp³-hybridized carbons (Fsp3) is 0.676. The third kappa shape index (κ3) is 8.87. The van der Waals surface area contributed by atoms with Gasteiger partial charge < -0.3 is 13.6 Å². The van der Waals surface area contributed by atoms with Crippen LogP contribution in [0.2, 0.25) is 23.2 Å². The second-order valence-corrected chi connectivity index (χ2v) is 27.8. The van der Waals surface area contributed by atoms with E-state index in [0.717, 1.165) is 26.1 Å². The predicted octanol–water partition coefficient (Wildman–Crippen LogP) is 9.51. The van der Waals surface area contributed by atoms with Crippen molar-refractivity contribution in [2.75, 3.05) is 24.7 Å². The molecule has 0 bridgehead atoms. The van der Waals surface area contributed by atoms with Gasteiger partial charge in [-0.1, -0.05) is 109 Å². The van der Waals surface area contributed by atoms with Crippen LogP contribution in [0.4, 0.5) is 0 Å². The molecule has 0 amide bonds. The summed E-state index contributed by atoms with van der Waals surface area (Å²) in [5.41, 5.74) is 0. The Balaban J connectivity index is 1.69. The molecule has 2 aromatic carbocycles. The Bertz CT molecular complexity index is 1100. The lowest BCUT2D eigenvalue weighted by Crippen LogP contribution is -2.67. The van der Waals surface area contributed by atoms with Gasteiger partial charge in [-0.2, -0.15) is 0 Å². The van der Waals surface area contributed by atoms with Crippen molar-refractivity contribution in [1.29, 1.82) is 0 Å². The molecule has 7 heteroatoms. The maximum absolute atomic E-state index is 7.59. The molecule has 3 nitrogen and oxygen atoms in total. The summed E-state index contributed by atoms with van der Waals surface area (Å²) >= 11 is 4.44. The average Bonchev–Trinajstić information content (AvgIpc) is 3.80. The lowest BCUT2D eigenvalue weighted by molar-refractivity contribution is 0.0682. The maximum atomic E-state index is 7.59. The average molecular weight is 673 g/mol. The van der Waals surface area contributed by atoms with Crippen LogP contribution in [0.1, 0.15) is 87.0 Å². The number of ether oxygens (including phenoxy) is 1. The van der Waals surface area contributed by atoms with Crippen molar-refractivity contribution in [1.82, 2.24) is 0 Å². The van der Waals surface area contributed by atoms with Gasteiger partial charge in [0.05, 0.1) is 22.9 Å². The molecule has 0 aromatic heterocycles. The molecule has 2 aromatic rings. The van der Waals surface area contributed by atoms with Crippen LogP contribution in [0.5, 0.6) is 0 Å². The van der Waals surface area contributed by atoms with Gasteiger partial charge in [-0.3, -0.25) is 0 Å². The van der Waals surface area contributed by atoms with E-state index in [-0.39, 0.29) is 20.3 Å². The Morgan fingerprint density at radius 3 is 1.89 bits per heavy atom. The first-order valence-corrected chi connectivity index (χ1v) is 23.8. The summed E-state index contributed by atoms with van der Waals surface area (Å²) in [5.74, 6) is 2.85. The molecule has 2 fully saturated rings. The van der Waals surface area contributed by atoms with Crippen LogP contribution in [0.15, 0.2) is 60.7 Å². The Morgan fingerprint density at radius 2 is 1.43 bits per heavy atom. The topological polar surface area (TPSA) is 31.0 Å². The number of thioether (sulfide) groups is 2. The van der Waals surface area contributed by atoms with Crippen molar-refractivity contribution in [3.63, 3.8) is 0 Å². The maximum Gasteiger partial charge on any atom is 0.261 e. The van der Waals surface area contributed by atoms with E-state index < -0.39 is 16.6 Å². The summed E-state index contributed by atoms with van der Waals surface area (Å²) in [6.07, 6.45) is 7.83. The van der Waals surface area contributed by atoms with E-state index in [1.54, 1.807) is 0 Å². The number of hydrogen-bond acceptors (Lipinski definition) is 5. The molecule has 44 heavy (non-hydrogen) atoms. The molecule has 0 aliphatic carbocycles. The molecule has 246 valence electrons. The molecule has 0 N–H and O–H groups in total. The Labute approximate surface area is 280 Å². The van der Waals surface area contributed by atoms with Gasteiger partial charge in [0.15, 0.2) is 8.32 Å². The molecule has 0 spiro atoms. The van der Waals surface area contributed by atoms with Crippen molar-refractivity contribution in [2.45, 2.75) is 126 Å². The minimum Gasteiger partial charge on any atom is -0.413 e. The fourth-order valence-electron chi connectivity index (χ4n) is 6.46. The smallest absolute Gasteiger partial charge is 0.261 e. The first kappa shape index (κ1) is 36.3. The van der Waals surface area contributed by atoms with E-state index in [1.165, 1.54) is 47.6 Å². The highest BCUT2D eigenvalue weighted by Gasteiger charge is 2.51. The molecule has 0 radical (unpaired) electrons. The van der Waals surface area contributed by atoms with Gasteiger partial charge in [-0.15, -0.1) is 23.5 Å². The minimum absolute atomic E-state index is 0.0367. The van der Waals surface area contributed by atoms with Crippen molar-refractivity contribution in [3.8, 4) is 0 Å². The third-order valence-corrected chi connectivity index (χ3v) is 23.2. The van der Waals surface area contributed by atoms with Crippen LogP contribution < -0.4 is 10.4 Å². The van der Waals surface area contributed by atoms with E-state index in [1.807, 2.05) is 0 Å². The minimum atomic E-state index is -2.64. The fourth-order valence-corrected chi connectivity index (χ4v) is 15.9. The zero-order chi connectivity index (χ0) is 32.1. The summed E-state index contributed by atoms with van der Waals surface area (Å²) < 4.78 is 20.9. The summed E-state index contributed by atoms with van der Waals surface area (Å²) in [4.78, 5) is 0. The monoisotopic (exact) mass is 672 g/mol. The summed E-state index contributed by atoms with van der Waals surface area (Å²) in [5, 5.41) is 2.83. The highest BCUT2D eigenvalue weighted by atomic mass is 32.2. The molecular weight excluding hydrogens is 613 g/mol. The lowest BCUT2D eigenvalue weighted by atomic mass is 9.94. The molecule has 0 unspecified atom stereocenters. The largest absolute Gasteiger partial charge is 0.413 e. The highest BCUT2D eigenvalue weighted by molar-refractivity contribution is 8.18. The van der Waals surface area contributed by atoms with Crippen LogP contribution >= 0.6 is 23.5 Å². The Morgan fingerprint density at radius 1 is 0.886 bits per heavy atom. The van der Waals surface area contributed by atoms with E-state index in [4.69, 9.17) is 13.6 Å². The van der Waals surface area contributed by atoms with Crippen LogP contribution in [0, 0.1) is 5.92 Å². The molecule has 3 atom stereocenters.